The van der Waals surface area contributed by atoms with Crippen LogP contribution in [0, 0.1) is 0 Å². The lowest BCUT2D eigenvalue weighted by molar-refractivity contribution is 0.637. The third-order valence-corrected chi connectivity index (χ3v) is 3.21. The Balaban J connectivity index is 1.90. The molecule has 0 saturated carbocycles. The molecule has 0 unspecified atom stereocenters. The molecule has 4 rings (SSSR count). The van der Waals surface area contributed by atoms with Gasteiger partial charge < -0.3 is 4.42 Å². The zero-order valence-electron chi connectivity index (χ0n) is 10.2. The lowest BCUT2D eigenvalue weighted by Gasteiger charge is -1.98. The molecule has 4 heteroatoms. The van der Waals surface area contributed by atoms with Crippen molar-refractivity contribution in [1.29, 1.82) is 0 Å². The van der Waals surface area contributed by atoms with Crippen LogP contribution in [0.15, 0.2) is 59.0 Å². The normalized spacial score (nSPS) is 11.4. The molecule has 0 aliphatic carbocycles. The zero-order chi connectivity index (χ0) is 12.7. The number of aromatic nitrogens is 3. The molecule has 0 amide bonds. The van der Waals surface area contributed by atoms with Gasteiger partial charge in [0, 0.05) is 6.42 Å². The molecule has 0 saturated heterocycles. The van der Waals surface area contributed by atoms with Crippen LogP contribution in [0.2, 0.25) is 0 Å². The lowest BCUT2D eigenvalue weighted by Crippen LogP contribution is -1.95. The minimum atomic E-state index is 0.548. The molecule has 0 spiro atoms. The number of benzene rings is 2. The first kappa shape index (κ1) is 10.3. The van der Waals surface area contributed by atoms with Crippen molar-refractivity contribution >= 4 is 16.9 Å². The largest absolute Gasteiger partial charge is 0.422 e. The first-order chi connectivity index (χ1) is 9.42. The summed E-state index contributed by atoms with van der Waals surface area (Å²) < 4.78 is 7.63. The van der Waals surface area contributed by atoms with Crippen LogP contribution in [0.5, 0.6) is 0 Å². The third-order valence-electron chi connectivity index (χ3n) is 3.21. The smallest absolute Gasteiger partial charge is 0.327 e. The molecule has 0 aliphatic heterocycles. The number of fused-ring (bicyclic) bond motifs is 3. The van der Waals surface area contributed by atoms with Crippen LogP contribution >= 0.6 is 0 Å². The highest BCUT2D eigenvalue weighted by atomic mass is 16.4. The SMILES string of the molecule is c1ccc(Cc2nnc3oc4ccccc4n23)cc1. The van der Waals surface area contributed by atoms with E-state index >= 15 is 0 Å². The molecule has 0 bridgehead atoms. The van der Waals surface area contributed by atoms with Gasteiger partial charge in [0.25, 0.3) is 0 Å². The molecule has 0 fully saturated rings. The monoisotopic (exact) mass is 249 g/mol. The molecule has 4 nitrogen and oxygen atoms in total. The van der Waals surface area contributed by atoms with E-state index in [9.17, 15) is 0 Å². The quantitative estimate of drug-likeness (QED) is 0.548. The lowest BCUT2D eigenvalue weighted by atomic mass is 10.1. The average Bonchev–Trinajstić information content (AvgIpc) is 3.00. The Morgan fingerprint density at radius 3 is 2.58 bits per heavy atom. The molecule has 0 atom stereocenters. The summed E-state index contributed by atoms with van der Waals surface area (Å²) in [6.45, 7) is 0. The summed E-state index contributed by atoms with van der Waals surface area (Å²) in [5.41, 5.74) is 3.05. The van der Waals surface area contributed by atoms with E-state index < -0.39 is 0 Å². The Morgan fingerprint density at radius 1 is 0.895 bits per heavy atom. The van der Waals surface area contributed by atoms with Gasteiger partial charge in [-0.05, 0) is 17.7 Å². The van der Waals surface area contributed by atoms with E-state index in [-0.39, 0.29) is 0 Å². The summed E-state index contributed by atoms with van der Waals surface area (Å²) >= 11 is 0. The van der Waals surface area contributed by atoms with Crippen molar-refractivity contribution in [3.63, 3.8) is 0 Å². The zero-order valence-corrected chi connectivity index (χ0v) is 10.2. The fourth-order valence-electron chi connectivity index (χ4n) is 2.33. The van der Waals surface area contributed by atoms with E-state index in [0.717, 1.165) is 23.3 Å². The van der Waals surface area contributed by atoms with Gasteiger partial charge in [0.15, 0.2) is 5.58 Å². The Kier molecular flexibility index (Phi) is 2.14. The number of oxazole rings is 1. The Hall–Kier alpha value is -2.62. The van der Waals surface area contributed by atoms with Crippen LogP contribution in [0.3, 0.4) is 0 Å². The van der Waals surface area contributed by atoms with Crippen LogP contribution < -0.4 is 0 Å². The van der Waals surface area contributed by atoms with Crippen LogP contribution in [0.4, 0.5) is 0 Å². The van der Waals surface area contributed by atoms with Gasteiger partial charge in [0.2, 0.25) is 0 Å². The first-order valence-corrected chi connectivity index (χ1v) is 6.17. The van der Waals surface area contributed by atoms with Gasteiger partial charge in [-0.25, -0.2) is 4.40 Å². The summed E-state index contributed by atoms with van der Waals surface area (Å²) in [4.78, 5) is 0. The second-order valence-corrected chi connectivity index (χ2v) is 4.47. The maximum absolute atomic E-state index is 5.66. The van der Waals surface area contributed by atoms with Crippen LogP contribution in [0.25, 0.3) is 16.9 Å². The standard InChI is InChI=1S/C15H11N3O/c1-2-6-11(7-3-1)10-14-16-17-15-18(14)12-8-4-5-9-13(12)19-15/h1-9H,10H2. The van der Waals surface area contributed by atoms with Crippen molar-refractivity contribution < 1.29 is 4.42 Å². The fraction of sp³-hybridized carbons (Fsp3) is 0.0667. The van der Waals surface area contributed by atoms with Gasteiger partial charge in [0.1, 0.15) is 5.82 Å². The highest BCUT2D eigenvalue weighted by Gasteiger charge is 2.13. The van der Waals surface area contributed by atoms with Crippen molar-refractivity contribution in [2.75, 3.05) is 0 Å². The average molecular weight is 249 g/mol. The summed E-state index contributed by atoms with van der Waals surface area (Å²) in [6.07, 6.45) is 0.742. The number of rotatable bonds is 2. The van der Waals surface area contributed by atoms with Crippen molar-refractivity contribution in [1.82, 2.24) is 14.6 Å². The van der Waals surface area contributed by atoms with Gasteiger partial charge in [-0.15, -0.1) is 5.10 Å². The molecule has 2 aromatic carbocycles. The topological polar surface area (TPSA) is 43.3 Å². The number of hydrogen-bond acceptors (Lipinski definition) is 3. The third kappa shape index (κ3) is 1.61. The fourth-order valence-corrected chi connectivity index (χ4v) is 2.33. The predicted octanol–water partition coefficient (Wildman–Crippen LogP) is 3.07. The summed E-state index contributed by atoms with van der Waals surface area (Å²) in [5, 5.41) is 8.32. The summed E-state index contributed by atoms with van der Waals surface area (Å²) in [6, 6.07) is 18.1. The molecule has 2 heterocycles. The summed E-state index contributed by atoms with van der Waals surface area (Å²) in [7, 11) is 0. The van der Waals surface area contributed by atoms with Crippen LogP contribution in [-0.4, -0.2) is 14.6 Å². The Labute approximate surface area is 109 Å². The number of para-hydroxylation sites is 2. The van der Waals surface area contributed by atoms with Gasteiger partial charge >= 0.3 is 5.84 Å². The molecule has 4 aromatic rings. The van der Waals surface area contributed by atoms with E-state index in [1.165, 1.54) is 5.56 Å². The molecule has 92 valence electrons. The number of nitrogens with zero attached hydrogens (tertiary/aromatic N) is 3. The maximum Gasteiger partial charge on any atom is 0.327 e. The highest BCUT2D eigenvalue weighted by molar-refractivity contribution is 5.76. The maximum atomic E-state index is 5.66. The van der Waals surface area contributed by atoms with E-state index in [4.69, 9.17) is 4.42 Å². The van der Waals surface area contributed by atoms with E-state index in [1.54, 1.807) is 0 Å². The number of hydrogen-bond donors (Lipinski definition) is 0. The minimum Gasteiger partial charge on any atom is -0.422 e. The first-order valence-electron chi connectivity index (χ1n) is 6.17. The van der Waals surface area contributed by atoms with Crippen LogP contribution in [0.1, 0.15) is 11.4 Å². The van der Waals surface area contributed by atoms with E-state index in [1.807, 2.05) is 46.9 Å². The minimum absolute atomic E-state index is 0.548. The second kappa shape index (κ2) is 3.95. The van der Waals surface area contributed by atoms with E-state index in [0.29, 0.717) is 5.84 Å². The van der Waals surface area contributed by atoms with Crippen molar-refractivity contribution in [2.24, 2.45) is 0 Å². The van der Waals surface area contributed by atoms with Crippen molar-refractivity contribution in [3.8, 4) is 0 Å². The summed E-state index contributed by atoms with van der Waals surface area (Å²) in [5.74, 6) is 1.44. The van der Waals surface area contributed by atoms with Gasteiger partial charge in [0.05, 0.1) is 5.52 Å². The Bertz CT molecular complexity index is 845. The second-order valence-electron chi connectivity index (χ2n) is 4.47. The molecule has 0 aliphatic rings. The van der Waals surface area contributed by atoms with Crippen molar-refractivity contribution in [3.05, 3.63) is 66.0 Å². The molecule has 19 heavy (non-hydrogen) atoms. The van der Waals surface area contributed by atoms with Gasteiger partial charge in [-0.1, -0.05) is 47.6 Å². The van der Waals surface area contributed by atoms with Gasteiger partial charge in [-0.3, -0.25) is 0 Å². The molecule has 2 aromatic heterocycles. The Morgan fingerprint density at radius 2 is 1.68 bits per heavy atom. The molecule has 0 radical (unpaired) electrons. The molecular formula is C15H11N3O. The predicted molar refractivity (Wildman–Crippen MR) is 72.0 cm³/mol. The van der Waals surface area contributed by atoms with Gasteiger partial charge in [-0.2, -0.15) is 0 Å². The van der Waals surface area contributed by atoms with Crippen LogP contribution in [-0.2, 0) is 6.42 Å². The highest BCUT2D eigenvalue weighted by Crippen LogP contribution is 2.21. The molecular weight excluding hydrogens is 238 g/mol. The van der Waals surface area contributed by atoms with E-state index in [2.05, 4.69) is 22.3 Å². The van der Waals surface area contributed by atoms with Crippen molar-refractivity contribution in [2.45, 2.75) is 6.42 Å². The molecule has 0 N–H and O–H groups in total.